The maximum atomic E-state index is 13.4. The number of halogens is 2. The molecular weight excluding hydrogens is 466 g/mol. The molecular formula is C25H26F2N8O. The van der Waals surface area contributed by atoms with Gasteiger partial charge in [-0.3, -0.25) is 5.32 Å². The van der Waals surface area contributed by atoms with Crippen molar-refractivity contribution in [2.24, 2.45) is 4.99 Å². The van der Waals surface area contributed by atoms with Crippen LogP contribution in [0.2, 0.25) is 0 Å². The largest absolute Gasteiger partial charge is 0.373 e. The number of ether oxygens (including phenoxy) is 1. The SMILES string of the molecule is CC(=Nc1cc(Nc2ncnc(N3CCC(OCc4ccc(F)c(F)c4)CC3)n2)ccc1C)NC#N. The molecule has 0 bridgehead atoms. The van der Waals surface area contributed by atoms with E-state index in [9.17, 15) is 8.78 Å². The first-order valence-electron chi connectivity index (χ1n) is 11.5. The van der Waals surface area contributed by atoms with E-state index in [1.165, 1.54) is 12.4 Å². The van der Waals surface area contributed by atoms with Crippen molar-refractivity contribution in [1.29, 1.82) is 5.26 Å². The summed E-state index contributed by atoms with van der Waals surface area (Å²) in [6.07, 6.45) is 4.85. The van der Waals surface area contributed by atoms with Crippen LogP contribution in [0.25, 0.3) is 0 Å². The summed E-state index contributed by atoms with van der Waals surface area (Å²) in [7, 11) is 0. The van der Waals surface area contributed by atoms with Crippen molar-refractivity contribution in [2.45, 2.75) is 39.4 Å². The van der Waals surface area contributed by atoms with E-state index in [4.69, 9.17) is 10.00 Å². The molecule has 9 nitrogen and oxygen atoms in total. The first kappa shape index (κ1) is 24.9. The normalized spacial score (nSPS) is 14.4. The van der Waals surface area contributed by atoms with Gasteiger partial charge in [-0.05, 0) is 62.1 Å². The van der Waals surface area contributed by atoms with E-state index in [0.29, 0.717) is 36.4 Å². The van der Waals surface area contributed by atoms with Gasteiger partial charge in [-0.25, -0.2) is 23.7 Å². The predicted octanol–water partition coefficient (Wildman–Crippen LogP) is 4.51. The van der Waals surface area contributed by atoms with Gasteiger partial charge in [0, 0.05) is 18.8 Å². The third kappa shape index (κ3) is 6.49. The number of aliphatic imine (C=N–C) groups is 1. The van der Waals surface area contributed by atoms with Crippen LogP contribution >= 0.6 is 0 Å². The summed E-state index contributed by atoms with van der Waals surface area (Å²) in [6.45, 7) is 5.28. The third-order valence-corrected chi connectivity index (χ3v) is 5.74. The number of nitrogens with zero attached hydrogens (tertiary/aromatic N) is 6. The van der Waals surface area contributed by atoms with Gasteiger partial charge in [0.2, 0.25) is 11.9 Å². The molecule has 0 radical (unpaired) electrons. The Morgan fingerprint density at radius 1 is 1.17 bits per heavy atom. The molecule has 0 amide bonds. The second-order valence-electron chi connectivity index (χ2n) is 8.42. The number of aryl methyl sites for hydroxylation is 1. The van der Waals surface area contributed by atoms with Crippen molar-refractivity contribution in [2.75, 3.05) is 23.3 Å². The molecule has 36 heavy (non-hydrogen) atoms. The van der Waals surface area contributed by atoms with E-state index in [1.54, 1.807) is 6.92 Å². The zero-order chi connectivity index (χ0) is 25.5. The van der Waals surface area contributed by atoms with Crippen LogP contribution in [0, 0.1) is 30.0 Å². The van der Waals surface area contributed by atoms with Crippen LogP contribution in [-0.2, 0) is 11.3 Å². The fraction of sp³-hybridized carbons (Fsp3) is 0.320. The average Bonchev–Trinajstić information content (AvgIpc) is 2.87. The van der Waals surface area contributed by atoms with E-state index < -0.39 is 11.6 Å². The number of amidine groups is 1. The van der Waals surface area contributed by atoms with Crippen molar-refractivity contribution in [3.8, 4) is 6.19 Å². The molecule has 0 aliphatic carbocycles. The molecule has 4 rings (SSSR count). The summed E-state index contributed by atoms with van der Waals surface area (Å²) >= 11 is 0. The van der Waals surface area contributed by atoms with E-state index in [0.717, 1.165) is 41.9 Å². The molecule has 2 heterocycles. The Bertz CT molecular complexity index is 1290. The zero-order valence-corrected chi connectivity index (χ0v) is 20.0. The molecule has 11 heteroatoms. The van der Waals surface area contributed by atoms with Gasteiger partial charge in [0.1, 0.15) is 12.2 Å². The van der Waals surface area contributed by atoms with Crippen molar-refractivity contribution < 1.29 is 13.5 Å². The standard InChI is InChI=1S/C25H26F2N8O/c1-16-3-5-19(12-23(16)32-17(2)29-14-28)33-24-30-15-31-25(34-24)35-9-7-20(8-10-35)36-13-18-4-6-21(26)22(27)11-18/h3-6,11-12,15,20H,7-10,13H2,1-2H3,(H,29,32)(H,30,31,33,34). The van der Waals surface area contributed by atoms with Crippen molar-refractivity contribution >= 4 is 29.1 Å². The number of hydrogen-bond acceptors (Lipinski definition) is 8. The minimum Gasteiger partial charge on any atom is -0.373 e. The number of rotatable bonds is 7. The highest BCUT2D eigenvalue weighted by atomic mass is 19.2. The Labute approximate surface area is 207 Å². The highest BCUT2D eigenvalue weighted by Gasteiger charge is 2.22. The van der Waals surface area contributed by atoms with Gasteiger partial charge in [-0.1, -0.05) is 12.1 Å². The molecule has 186 valence electrons. The van der Waals surface area contributed by atoms with E-state index in [2.05, 4.69) is 35.5 Å². The van der Waals surface area contributed by atoms with Crippen molar-refractivity contribution in [3.63, 3.8) is 0 Å². The molecule has 3 aromatic rings. The molecule has 1 aromatic heterocycles. The van der Waals surface area contributed by atoms with Gasteiger partial charge in [0.05, 0.1) is 18.4 Å². The number of nitrogens with one attached hydrogen (secondary N) is 2. The van der Waals surface area contributed by atoms with Crippen LogP contribution < -0.4 is 15.5 Å². The fourth-order valence-corrected chi connectivity index (χ4v) is 3.79. The van der Waals surface area contributed by atoms with Crippen LogP contribution in [0.15, 0.2) is 47.7 Å². The van der Waals surface area contributed by atoms with Crippen molar-refractivity contribution in [3.05, 3.63) is 65.5 Å². The summed E-state index contributed by atoms with van der Waals surface area (Å²) in [5, 5.41) is 14.5. The first-order valence-corrected chi connectivity index (χ1v) is 11.5. The van der Waals surface area contributed by atoms with Gasteiger partial charge in [0.25, 0.3) is 0 Å². The Kier molecular flexibility index (Phi) is 7.97. The van der Waals surface area contributed by atoms with Crippen LogP contribution in [0.3, 0.4) is 0 Å². The monoisotopic (exact) mass is 492 g/mol. The lowest BCUT2D eigenvalue weighted by Gasteiger charge is -2.31. The molecule has 1 aliphatic rings. The van der Waals surface area contributed by atoms with E-state index >= 15 is 0 Å². The fourth-order valence-electron chi connectivity index (χ4n) is 3.79. The van der Waals surface area contributed by atoms with Gasteiger partial charge < -0.3 is 15.0 Å². The second-order valence-corrected chi connectivity index (χ2v) is 8.42. The smallest absolute Gasteiger partial charge is 0.231 e. The summed E-state index contributed by atoms with van der Waals surface area (Å²) in [6, 6.07) is 9.49. The highest BCUT2D eigenvalue weighted by Crippen LogP contribution is 2.26. The Hall–Kier alpha value is -4.17. The average molecular weight is 493 g/mol. The summed E-state index contributed by atoms with van der Waals surface area (Å²) in [5.41, 5.74) is 3.04. The number of hydrogen-bond donors (Lipinski definition) is 2. The van der Waals surface area contributed by atoms with Gasteiger partial charge in [-0.15, -0.1) is 0 Å². The molecule has 0 saturated carbocycles. The number of anilines is 3. The topological polar surface area (TPSA) is 111 Å². The molecule has 1 aliphatic heterocycles. The molecule has 0 spiro atoms. The number of nitriles is 1. The number of aromatic nitrogens is 3. The zero-order valence-electron chi connectivity index (χ0n) is 20.0. The molecule has 0 atom stereocenters. The number of piperidine rings is 1. The molecule has 1 saturated heterocycles. The van der Waals surface area contributed by atoms with E-state index in [-0.39, 0.29) is 12.7 Å². The maximum absolute atomic E-state index is 13.4. The Morgan fingerprint density at radius 3 is 2.72 bits per heavy atom. The lowest BCUT2D eigenvalue weighted by Crippen LogP contribution is -2.38. The maximum Gasteiger partial charge on any atom is 0.231 e. The van der Waals surface area contributed by atoms with Gasteiger partial charge in [-0.2, -0.15) is 10.2 Å². The first-order chi connectivity index (χ1) is 17.4. The molecule has 2 aromatic carbocycles. The molecule has 1 fully saturated rings. The van der Waals surface area contributed by atoms with Gasteiger partial charge in [0.15, 0.2) is 17.8 Å². The predicted molar refractivity (Wildman–Crippen MR) is 132 cm³/mol. The van der Waals surface area contributed by atoms with Gasteiger partial charge >= 0.3 is 0 Å². The summed E-state index contributed by atoms with van der Waals surface area (Å²) < 4.78 is 32.4. The van der Waals surface area contributed by atoms with E-state index in [1.807, 2.05) is 31.3 Å². The lowest BCUT2D eigenvalue weighted by molar-refractivity contribution is 0.0248. The minimum atomic E-state index is -0.870. The summed E-state index contributed by atoms with van der Waals surface area (Å²) in [4.78, 5) is 19.6. The molecule has 2 N–H and O–H groups in total. The third-order valence-electron chi connectivity index (χ3n) is 5.74. The van der Waals surface area contributed by atoms with Crippen LogP contribution in [0.1, 0.15) is 30.9 Å². The highest BCUT2D eigenvalue weighted by molar-refractivity contribution is 5.84. The minimum absolute atomic E-state index is 0.0133. The lowest BCUT2D eigenvalue weighted by atomic mass is 10.1. The Balaban J connectivity index is 1.34. The second kappa shape index (κ2) is 11.5. The van der Waals surface area contributed by atoms with Crippen LogP contribution in [0.5, 0.6) is 0 Å². The quantitative estimate of drug-likeness (QED) is 0.215. The van der Waals surface area contributed by atoms with Crippen LogP contribution in [0.4, 0.5) is 32.1 Å². The Morgan fingerprint density at radius 2 is 1.97 bits per heavy atom. The number of benzene rings is 2. The van der Waals surface area contributed by atoms with Crippen LogP contribution in [-0.4, -0.2) is 40.0 Å². The summed E-state index contributed by atoms with van der Waals surface area (Å²) in [5.74, 6) is -0.269. The van der Waals surface area contributed by atoms with Crippen molar-refractivity contribution in [1.82, 2.24) is 20.3 Å². The molecule has 0 unspecified atom stereocenters.